The Morgan fingerprint density at radius 2 is 1.50 bits per heavy atom. The van der Waals surface area contributed by atoms with Gasteiger partial charge in [-0.1, -0.05) is 35.0 Å². The van der Waals surface area contributed by atoms with Crippen molar-refractivity contribution in [3.05, 3.63) is 34.3 Å². The van der Waals surface area contributed by atoms with Crippen molar-refractivity contribution in [2.24, 2.45) is 5.92 Å². The molecule has 0 saturated heterocycles. The van der Waals surface area contributed by atoms with E-state index in [9.17, 15) is 9.59 Å². The molecular weight excluding hydrogens is 324 g/mol. The molecule has 0 aliphatic carbocycles. The van der Waals surface area contributed by atoms with Gasteiger partial charge in [0.05, 0.1) is 13.2 Å². The Kier molecular flexibility index (Phi) is 6.71. The van der Waals surface area contributed by atoms with Gasteiger partial charge in [0.25, 0.3) is 0 Å². The van der Waals surface area contributed by atoms with Crippen molar-refractivity contribution in [1.82, 2.24) is 0 Å². The predicted octanol–water partition coefficient (Wildman–Crippen LogP) is 3.30. The second kappa shape index (κ2) is 8.04. The molecule has 0 bridgehead atoms. The molecule has 0 heterocycles. The summed E-state index contributed by atoms with van der Waals surface area (Å²) >= 11 is 3.36. The van der Waals surface area contributed by atoms with Crippen molar-refractivity contribution in [3.8, 4) is 0 Å². The lowest BCUT2D eigenvalue weighted by atomic mass is 9.87. The number of esters is 2. The lowest BCUT2D eigenvalue weighted by Gasteiger charge is -2.21. The minimum atomic E-state index is -0.934. The zero-order valence-corrected chi connectivity index (χ0v) is 13.5. The van der Waals surface area contributed by atoms with Gasteiger partial charge in [-0.3, -0.25) is 9.59 Å². The minimum Gasteiger partial charge on any atom is -0.465 e. The molecule has 0 radical (unpaired) electrons. The number of carbonyl (C=O) groups excluding carboxylic acids is 2. The van der Waals surface area contributed by atoms with Crippen LogP contribution in [0.25, 0.3) is 0 Å². The summed E-state index contributed by atoms with van der Waals surface area (Å²) in [6, 6.07) is 7.50. The standard InChI is InChI=1S/C15H19BrO4/c1-4-19-14(17)13(15(18)20-5-2)10(3)11-6-8-12(16)9-7-11/h6-10,13H,4-5H2,1-3H3/t10-/m1/s1. The lowest BCUT2D eigenvalue weighted by Crippen LogP contribution is -2.32. The summed E-state index contributed by atoms with van der Waals surface area (Å²) in [6.45, 7) is 5.72. The number of carbonyl (C=O) groups is 2. The number of benzene rings is 1. The molecule has 110 valence electrons. The molecule has 0 unspecified atom stereocenters. The Morgan fingerprint density at radius 1 is 1.05 bits per heavy atom. The molecular formula is C15H19BrO4. The molecule has 0 saturated carbocycles. The molecule has 4 nitrogen and oxygen atoms in total. The van der Waals surface area contributed by atoms with E-state index in [0.29, 0.717) is 0 Å². The van der Waals surface area contributed by atoms with Crippen molar-refractivity contribution >= 4 is 27.9 Å². The summed E-state index contributed by atoms with van der Waals surface area (Å²) in [5.74, 6) is -2.32. The number of rotatable bonds is 6. The SMILES string of the molecule is CCOC(=O)C(C(=O)OCC)[C@H](C)c1ccc(Br)cc1. The summed E-state index contributed by atoms with van der Waals surface area (Å²) in [5, 5.41) is 0. The molecule has 1 rings (SSSR count). The highest BCUT2D eigenvalue weighted by molar-refractivity contribution is 9.10. The zero-order valence-electron chi connectivity index (χ0n) is 11.9. The normalized spacial score (nSPS) is 12.1. The molecule has 0 aromatic heterocycles. The van der Waals surface area contributed by atoms with Crippen LogP contribution in [0, 0.1) is 5.92 Å². The molecule has 20 heavy (non-hydrogen) atoms. The third-order valence-electron chi connectivity index (χ3n) is 2.98. The van der Waals surface area contributed by atoms with Gasteiger partial charge >= 0.3 is 11.9 Å². The highest BCUT2D eigenvalue weighted by atomic mass is 79.9. The maximum atomic E-state index is 12.0. The van der Waals surface area contributed by atoms with Crippen LogP contribution in [0.1, 0.15) is 32.3 Å². The number of hydrogen-bond acceptors (Lipinski definition) is 4. The van der Waals surface area contributed by atoms with E-state index in [1.165, 1.54) is 0 Å². The van der Waals surface area contributed by atoms with E-state index in [2.05, 4.69) is 15.9 Å². The third kappa shape index (κ3) is 4.34. The van der Waals surface area contributed by atoms with E-state index in [4.69, 9.17) is 9.47 Å². The number of hydrogen-bond donors (Lipinski definition) is 0. The Morgan fingerprint density at radius 3 is 1.90 bits per heavy atom. The van der Waals surface area contributed by atoms with E-state index in [0.717, 1.165) is 10.0 Å². The minimum absolute atomic E-state index is 0.238. The van der Waals surface area contributed by atoms with Gasteiger partial charge in [0.15, 0.2) is 5.92 Å². The largest absolute Gasteiger partial charge is 0.465 e. The molecule has 0 amide bonds. The first-order chi connectivity index (χ1) is 9.51. The van der Waals surface area contributed by atoms with Gasteiger partial charge in [0, 0.05) is 10.4 Å². The smallest absolute Gasteiger partial charge is 0.320 e. The van der Waals surface area contributed by atoms with Crippen LogP contribution in [0.2, 0.25) is 0 Å². The predicted molar refractivity (Wildman–Crippen MR) is 79.3 cm³/mol. The maximum Gasteiger partial charge on any atom is 0.320 e. The van der Waals surface area contributed by atoms with Crippen LogP contribution in [0.4, 0.5) is 0 Å². The van der Waals surface area contributed by atoms with Crippen molar-refractivity contribution in [2.75, 3.05) is 13.2 Å². The van der Waals surface area contributed by atoms with Gasteiger partial charge in [-0.05, 0) is 31.5 Å². The molecule has 0 N–H and O–H groups in total. The van der Waals surface area contributed by atoms with E-state index in [1.54, 1.807) is 13.8 Å². The van der Waals surface area contributed by atoms with Crippen LogP contribution < -0.4 is 0 Å². The van der Waals surface area contributed by atoms with Crippen LogP contribution in [-0.2, 0) is 19.1 Å². The monoisotopic (exact) mass is 342 g/mol. The fourth-order valence-corrected chi connectivity index (χ4v) is 2.19. The average molecular weight is 343 g/mol. The van der Waals surface area contributed by atoms with E-state index in [-0.39, 0.29) is 19.1 Å². The van der Waals surface area contributed by atoms with Crippen molar-refractivity contribution in [1.29, 1.82) is 0 Å². The van der Waals surface area contributed by atoms with Crippen LogP contribution in [0.5, 0.6) is 0 Å². The third-order valence-corrected chi connectivity index (χ3v) is 3.51. The first-order valence-corrected chi connectivity index (χ1v) is 7.39. The van der Waals surface area contributed by atoms with Gasteiger partial charge in [-0.2, -0.15) is 0 Å². The molecule has 1 aromatic carbocycles. The summed E-state index contributed by atoms with van der Waals surface area (Å²) in [5.41, 5.74) is 0.888. The topological polar surface area (TPSA) is 52.6 Å². The van der Waals surface area contributed by atoms with Gasteiger partial charge in [-0.15, -0.1) is 0 Å². The van der Waals surface area contributed by atoms with E-state index in [1.807, 2.05) is 31.2 Å². The number of halogens is 1. The Hall–Kier alpha value is -1.36. The Labute approximate surface area is 127 Å². The Balaban J connectivity index is 2.99. The van der Waals surface area contributed by atoms with Gasteiger partial charge in [-0.25, -0.2) is 0 Å². The second-order valence-electron chi connectivity index (χ2n) is 4.32. The summed E-state index contributed by atoms with van der Waals surface area (Å²) in [4.78, 5) is 24.0. The second-order valence-corrected chi connectivity index (χ2v) is 5.24. The first-order valence-electron chi connectivity index (χ1n) is 6.60. The Bertz CT molecular complexity index is 437. The zero-order chi connectivity index (χ0) is 15.1. The highest BCUT2D eigenvalue weighted by Crippen LogP contribution is 2.27. The van der Waals surface area contributed by atoms with Crippen LogP contribution in [-0.4, -0.2) is 25.2 Å². The fraction of sp³-hybridized carbons (Fsp3) is 0.467. The van der Waals surface area contributed by atoms with Crippen molar-refractivity contribution in [2.45, 2.75) is 26.7 Å². The van der Waals surface area contributed by atoms with Gasteiger partial charge in [0.2, 0.25) is 0 Å². The summed E-state index contributed by atoms with van der Waals surface area (Å²) in [7, 11) is 0. The van der Waals surface area contributed by atoms with Crippen LogP contribution >= 0.6 is 15.9 Å². The van der Waals surface area contributed by atoms with Gasteiger partial charge in [0.1, 0.15) is 0 Å². The molecule has 5 heteroatoms. The van der Waals surface area contributed by atoms with Crippen LogP contribution in [0.3, 0.4) is 0 Å². The molecule has 1 atom stereocenters. The summed E-state index contributed by atoms with van der Waals surface area (Å²) in [6.07, 6.45) is 0. The average Bonchev–Trinajstić information content (AvgIpc) is 2.40. The maximum absolute atomic E-state index is 12.0. The molecule has 0 aliphatic rings. The van der Waals surface area contributed by atoms with E-state index < -0.39 is 17.9 Å². The lowest BCUT2D eigenvalue weighted by molar-refractivity contribution is -0.162. The quantitative estimate of drug-likeness (QED) is 0.588. The first kappa shape index (κ1) is 16.7. The van der Waals surface area contributed by atoms with Crippen LogP contribution in [0.15, 0.2) is 28.7 Å². The highest BCUT2D eigenvalue weighted by Gasteiger charge is 2.35. The summed E-state index contributed by atoms with van der Waals surface area (Å²) < 4.78 is 10.9. The fourth-order valence-electron chi connectivity index (χ4n) is 1.93. The molecule has 0 fully saturated rings. The van der Waals surface area contributed by atoms with Crippen molar-refractivity contribution in [3.63, 3.8) is 0 Å². The molecule has 1 aromatic rings. The number of ether oxygens (including phenoxy) is 2. The van der Waals surface area contributed by atoms with Crippen molar-refractivity contribution < 1.29 is 19.1 Å². The van der Waals surface area contributed by atoms with E-state index >= 15 is 0 Å². The van der Waals surface area contributed by atoms with Gasteiger partial charge < -0.3 is 9.47 Å². The molecule has 0 spiro atoms. The molecule has 0 aliphatic heterocycles.